The van der Waals surface area contributed by atoms with Crippen LogP contribution in [-0.4, -0.2) is 18.9 Å². The van der Waals surface area contributed by atoms with Gasteiger partial charge in [-0.2, -0.15) is 0 Å². The van der Waals surface area contributed by atoms with Crippen molar-refractivity contribution in [3.63, 3.8) is 0 Å². The molecule has 0 atom stereocenters. The Bertz CT molecular complexity index is 415. The van der Waals surface area contributed by atoms with Crippen molar-refractivity contribution in [1.82, 2.24) is 0 Å². The van der Waals surface area contributed by atoms with Gasteiger partial charge in [0.15, 0.2) is 8.32 Å². The van der Waals surface area contributed by atoms with Crippen molar-refractivity contribution in [2.45, 2.75) is 32.5 Å². The van der Waals surface area contributed by atoms with Gasteiger partial charge in [-0.25, -0.2) is 0 Å². The summed E-state index contributed by atoms with van der Waals surface area (Å²) >= 11 is 3.51. The summed E-state index contributed by atoms with van der Waals surface area (Å²) in [5, 5.41) is 0. The lowest BCUT2D eigenvalue weighted by molar-refractivity contribution is 0.164. The predicted molar refractivity (Wildman–Crippen MR) is 79.8 cm³/mol. The molecule has 92 valence electrons. The van der Waals surface area contributed by atoms with Crippen molar-refractivity contribution in [1.29, 1.82) is 0 Å². The Hall–Kier alpha value is -0.563. The minimum Gasteiger partial charge on any atom is -0.401 e. The Morgan fingerprint density at radius 3 is 2.35 bits per heavy atom. The van der Waals surface area contributed by atoms with Crippen molar-refractivity contribution in [2.75, 3.05) is 4.95 Å². The quantitative estimate of drug-likeness (QED) is 0.466. The van der Waals surface area contributed by atoms with E-state index in [0.29, 0.717) is 0 Å². The van der Waals surface area contributed by atoms with E-state index in [0.717, 1.165) is 10.5 Å². The molecule has 0 aliphatic heterocycles. The van der Waals surface area contributed by atoms with Gasteiger partial charge < -0.3 is 4.43 Å². The van der Waals surface area contributed by atoms with Crippen LogP contribution in [0.2, 0.25) is 13.1 Å². The van der Waals surface area contributed by atoms with E-state index in [1.54, 1.807) is 0 Å². The van der Waals surface area contributed by atoms with Gasteiger partial charge in [0.05, 0.1) is 0 Å². The van der Waals surface area contributed by atoms with Gasteiger partial charge >= 0.3 is 0 Å². The van der Waals surface area contributed by atoms with Gasteiger partial charge in [-0.3, -0.25) is 0 Å². The maximum Gasteiger partial charge on any atom is 0.199 e. The Morgan fingerprint density at radius 2 is 1.82 bits per heavy atom. The van der Waals surface area contributed by atoms with Crippen LogP contribution >= 0.6 is 15.9 Å². The summed E-state index contributed by atoms with van der Waals surface area (Å²) in [6.45, 7) is 8.43. The average Bonchev–Trinajstić information content (AvgIpc) is 2.27. The van der Waals surface area contributed by atoms with Crippen LogP contribution in [-0.2, 0) is 4.43 Å². The number of hydrogen-bond acceptors (Lipinski definition) is 1. The molecule has 0 amide bonds. The van der Waals surface area contributed by atoms with Crippen LogP contribution in [0.15, 0.2) is 30.3 Å². The van der Waals surface area contributed by atoms with Gasteiger partial charge in [-0.05, 0) is 39.1 Å². The lowest BCUT2D eigenvalue weighted by Crippen LogP contribution is -2.41. The van der Waals surface area contributed by atoms with Crippen molar-refractivity contribution in [3.8, 4) is 11.8 Å². The third kappa shape index (κ3) is 5.54. The normalized spacial score (nSPS) is 11.8. The molecule has 0 unspecified atom stereocenters. The van der Waals surface area contributed by atoms with Crippen LogP contribution < -0.4 is 0 Å². The second-order valence-corrected chi connectivity index (χ2v) is 10.8. The maximum atomic E-state index is 6.11. The van der Waals surface area contributed by atoms with Gasteiger partial charge in [-0.15, -0.1) is 0 Å². The first-order valence-corrected chi connectivity index (χ1v) is 9.93. The van der Waals surface area contributed by atoms with Crippen LogP contribution in [0.5, 0.6) is 0 Å². The lowest BCUT2D eigenvalue weighted by Gasteiger charge is -2.30. The highest BCUT2D eigenvalue weighted by atomic mass is 79.9. The third-order valence-electron chi connectivity index (χ3n) is 2.13. The Labute approximate surface area is 114 Å². The molecule has 0 spiro atoms. The summed E-state index contributed by atoms with van der Waals surface area (Å²) in [7, 11) is -1.64. The van der Waals surface area contributed by atoms with Gasteiger partial charge in [0.1, 0.15) is 5.60 Å². The van der Waals surface area contributed by atoms with Crippen molar-refractivity contribution in [3.05, 3.63) is 35.9 Å². The van der Waals surface area contributed by atoms with Crippen LogP contribution in [0, 0.1) is 11.8 Å². The molecule has 3 heteroatoms. The van der Waals surface area contributed by atoms with E-state index in [1.165, 1.54) is 0 Å². The predicted octanol–water partition coefficient (Wildman–Crippen LogP) is 3.97. The highest BCUT2D eigenvalue weighted by Gasteiger charge is 2.29. The van der Waals surface area contributed by atoms with Gasteiger partial charge in [0.25, 0.3) is 0 Å². The molecular weight excluding hydrogens is 292 g/mol. The van der Waals surface area contributed by atoms with Gasteiger partial charge in [0.2, 0.25) is 0 Å². The first-order valence-electron chi connectivity index (χ1n) is 5.69. The van der Waals surface area contributed by atoms with E-state index in [1.807, 2.05) is 44.2 Å². The second kappa shape index (κ2) is 5.86. The van der Waals surface area contributed by atoms with Gasteiger partial charge in [-0.1, -0.05) is 46.0 Å². The van der Waals surface area contributed by atoms with Crippen molar-refractivity contribution < 1.29 is 4.43 Å². The Balaban J connectivity index is 2.77. The third-order valence-corrected chi connectivity index (χ3v) is 7.89. The SMILES string of the molecule is CC(C)(C#Cc1ccccc1)O[Si](C)(C)CBr. The molecule has 0 aliphatic carbocycles. The molecule has 0 saturated heterocycles. The molecule has 1 aromatic rings. The number of benzene rings is 1. The van der Waals surface area contributed by atoms with Crippen LogP contribution in [0.4, 0.5) is 0 Å². The molecular formula is C14H19BrOSi. The summed E-state index contributed by atoms with van der Waals surface area (Å²) in [5.74, 6) is 6.37. The molecule has 0 heterocycles. The molecule has 0 radical (unpaired) electrons. The molecule has 0 saturated carbocycles. The van der Waals surface area contributed by atoms with E-state index in [2.05, 4.69) is 40.9 Å². The van der Waals surface area contributed by atoms with Gasteiger partial charge in [0, 0.05) is 10.5 Å². The van der Waals surface area contributed by atoms with E-state index in [4.69, 9.17) is 4.43 Å². The zero-order valence-corrected chi connectivity index (χ0v) is 13.5. The lowest BCUT2D eigenvalue weighted by atomic mass is 10.1. The molecule has 1 nitrogen and oxygen atoms in total. The average molecular weight is 311 g/mol. The fourth-order valence-corrected chi connectivity index (χ4v) is 3.32. The molecule has 0 N–H and O–H groups in total. The summed E-state index contributed by atoms with van der Waals surface area (Å²) in [6, 6.07) is 10.0. The Kier molecular flexibility index (Phi) is 5.00. The number of alkyl halides is 1. The highest BCUT2D eigenvalue weighted by molar-refractivity contribution is 9.09. The van der Waals surface area contributed by atoms with E-state index in [-0.39, 0.29) is 5.60 Å². The van der Waals surface area contributed by atoms with E-state index >= 15 is 0 Å². The topological polar surface area (TPSA) is 9.23 Å². The molecule has 0 bridgehead atoms. The highest BCUT2D eigenvalue weighted by Crippen LogP contribution is 2.18. The smallest absolute Gasteiger partial charge is 0.199 e. The van der Waals surface area contributed by atoms with E-state index < -0.39 is 8.32 Å². The molecule has 1 rings (SSSR count). The van der Waals surface area contributed by atoms with E-state index in [9.17, 15) is 0 Å². The standard InChI is InChI=1S/C14H19BrOSi/c1-14(2,16-17(3,4)12-15)11-10-13-8-6-5-7-9-13/h5-9H,12H2,1-4H3. The first-order chi connectivity index (χ1) is 7.85. The largest absolute Gasteiger partial charge is 0.401 e. The summed E-state index contributed by atoms with van der Waals surface area (Å²) < 4.78 is 6.11. The summed E-state index contributed by atoms with van der Waals surface area (Å²) in [4.78, 5) is 0.927. The molecule has 0 fully saturated rings. The molecule has 17 heavy (non-hydrogen) atoms. The van der Waals surface area contributed by atoms with Crippen LogP contribution in [0.1, 0.15) is 19.4 Å². The second-order valence-electron chi connectivity index (χ2n) is 5.12. The van der Waals surface area contributed by atoms with Crippen molar-refractivity contribution >= 4 is 24.2 Å². The number of rotatable bonds is 3. The number of halogens is 1. The first kappa shape index (κ1) is 14.5. The summed E-state index contributed by atoms with van der Waals surface area (Å²) in [5.41, 5.74) is 0.641. The van der Waals surface area contributed by atoms with Crippen LogP contribution in [0.3, 0.4) is 0 Å². The monoisotopic (exact) mass is 310 g/mol. The minimum atomic E-state index is -1.64. The maximum absolute atomic E-state index is 6.11. The fourth-order valence-electron chi connectivity index (χ4n) is 1.49. The minimum absolute atomic E-state index is 0.390. The number of hydrogen-bond donors (Lipinski definition) is 0. The zero-order chi connectivity index (χ0) is 12.9. The molecule has 0 aromatic heterocycles. The fraction of sp³-hybridized carbons (Fsp3) is 0.429. The summed E-state index contributed by atoms with van der Waals surface area (Å²) in [6.07, 6.45) is 0. The Morgan fingerprint density at radius 1 is 1.24 bits per heavy atom. The molecule has 1 aromatic carbocycles. The zero-order valence-electron chi connectivity index (χ0n) is 10.9. The van der Waals surface area contributed by atoms with Crippen molar-refractivity contribution in [2.24, 2.45) is 0 Å². The molecule has 0 aliphatic rings. The van der Waals surface area contributed by atoms with Crippen LogP contribution in [0.25, 0.3) is 0 Å².